The van der Waals surface area contributed by atoms with E-state index in [0.717, 1.165) is 39.1 Å². The van der Waals surface area contributed by atoms with Crippen LogP contribution in [0, 0.1) is 5.92 Å². The zero-order chi connectivity index (χ0) is 15.1. The number of hydrogen-bond acceptors (Lipinski definition) is 2. The number of carbonyl (C=O) groups is 1. The molecule has 0 bridgehead atoms. The summed E-state index contributed by atoms with van der Waals surface area (Å²) >= 11 is 5.67. The van der Waals surface area contributed by atoms with E-state index in [0.29, 0.717) is 5.92 Å². The van der Waals surface area contributed by atoms with Gasteiger partial charge in [-0.15, -0.1) is 11.6 Å². The molecule has 0 spiro atoms. The molecule has 1 aliphatic heterocycles. The first-order valence-corrected chi connectivity index (χ1v) is 8.36. The Morgan fingerprint density at radius 1 is 1.38 bits per heavy atom. The normalized spacial score (nSPS) is 19.0. The molecule has 1 aliphatic rings. The highest BCUT2D eigenvalue weighted by atomic mass is 35.5. The molecule has 0 aromatic heterocycles. The van der Waals surface area contributed by atoms with Crippen LogP contribution >= 0.6 is 11.6 Å². The number of halogens is 1. The first-order valence-electron chi connectivity index (χ1n) is 7.83. The van der Waals surface area contributed by atoms with Crippen LogP contribution in [0.2, 0.25) is 0 Å². The van der Waals surface area contributed by atoms with E-state index in [1.807, 2.05) is 4.90 Å². The molecule has 1 heterocycles. The zero-order valence-electron chi connectivity index (χ0n) is 12.8. The Labute approximate surface area is 132 Å². The minimum Gasteiger partial charge on any atom is -0.341 e. The molecule has 1 aromatic rings. The molecule has 3 nitrogen and oxygen atoms in total. The third-order valence-electron chi connectivity index (χ3n) is 4.20. The minimum absolute atomic E-state index is 0.0764. The minimum atomic E-state index is 0.0764. The van der Waals surface area contributed by atoms with Gasteiger partial charge in [0.2, 0.25) is 5.91 Å². The Kier molecular flexibility index (Phi) is 6.52. The van der Waals surface area contributed by atoms with Crippen LogP contribution in [0.4, 0.5) is 0 Å². The van der Waals surface area contributed by atoms with Crippen LogP contribution in [0.3, 0.4) is 0 Å². The quantitative estimate of drug-likeness (QED) is 0.754. The summed E-state index contributed by atoms with van der Waals surface area (Å²) in [6.45, 7) is 7.00. The van der Waals surface area contributed by atoms with Gasteiger partial charge in [-0.3, -0.25) is 9.69 Å². The van der Waals surface area contributed by atoms with Gasteiger partial charge in [-0.1, -0.05) is 37.3 Å². The van der Waals surface area contributed by atoms with Gasteiger partial charge in [0, 0.05) is 26.2 Å². The van der Waals surface area contributed by atoms with Crippen LogP contribution in [0.15, 0.2) is 30.3 Å². The lowest BCUT2D eigenvalue weighted by molar-refractivity contribution is -0.130. The van der Waals surface area contributed by atoms with Gasteiger partial charge < -0.3 is 4.90 Å². The van der Waals surface area contributed by atoms with E-state index in [4.69, 9.17) is 11.6 Å². The molecule has 1 atom stereocenters. The van der Waals surface area contributed by atoms with Crippen molar-refractivity contribution in [3.05, 3.63) is 35.9 Å². The molecule has 1 fully saturated rings. The molecule has 116 valence electrons. The summed E-state index contributed by atoms with van der Waals surface area (Å²) in [6, 6.07) is 10.6. The fourth-order valence-electron chi connectivity index (χ4n) is 3.04. The number of amides is 1. The number of nitrogens with zero attached hydrogens (tertiary/aromatic N) is 2. The third-order valence-corrected chi connectivity index (χ3v) is 4.43. The number of likely N-dealkylation sites (tertiary alicyclic amines) is 1. The fourth-order valence-corrected chi connectivity index (χ4v) is 3.21. The maximum Gasteiger partial charge on any atom is 0.237 e. The van der Waals surface area contributed by atoms with Crippen molar-refractivity contribution < 1.29 is 4.79 Å². The lowest BCUT2D eigenvalue weighted by atomic mass is 9.97. The van der Waals surface area contributed by atoms with E-state index in [1.54, 1.807) is 0 Å². The molecule has 0 aliphatic carbocycles. The van der Waals surface area contributed by atoms with Gasteiger partial charge in [0.25, 0.3) is 0 Å². The van der Waals surface area contributed by atoms with Gasteiger partial charge in [-0.2, -0.15) is 0 Å². The van der Waals surface area contributed by atoms with Crippen molar-refractivity contribution in [1.82, 2.24) is 9.80 Å². The van der Waals surface area contributed by atoms with Crippen molar-refractivity contribution in [3.63, 3.8) is 0 Å². The SMILES string of the molecule is CCN(Cc1ccccc1)CC1CCCN(C(=O)CCl)C1. The summed E-state index contributed by atoms with van der Waals surface area (Å²) in [4.78, 5) is 16.1. The molecule has 1 aromatic carbocycles. The second kappa shape index (κ2) is 8.40. The molecular weight excluding hydrogens is 284 g/mol. The predicted octanol–water partition coefficient (Wildman–Crippen LogP) is 2.99. The Morgan fingerprint density at radius 2 is 2.14 bits per heavy atom. The highest BCUT2D eigenvalue weighted by Crippen LogP contribution is 2.19. The molecule has 0 radical (unpaired) electrons. The molecule has 0 saturated carbocycles. The maximum absolute atomic E-state index is 11.7. The molecule has 2 rings (SSSR count). The average molecular weight is 309 g/mol. The summed E-state index contributed by atoms with van der Waals surface area (Å²) in [5, 5.41) is 0. The Morgan fingerprint density at radius 3 is 2.81 bits per heavy atom. The number of benzene rings is 1. The van der Waals surface area contributed by atoms with Crippen molar-refractivity contribution in [2.75, 3.05) is 32.1 Å². The lowest BCUT2D eigenvalue weighted by Crippen LogP contribution is -2.44. The molecule has 1 amide bonds. The van der Waals surface area contributed by atoms with Gasteiger partial charge >= 0.3 is 0 Å². The van der Waals surface area contributed by atoms with E-state index < -0.39 is 0 Å². The average Bonchev–Trinajstić information content (AvgIpc) is 2.54. The number of alkyl halides is 1. The van der Waals surface area contributed by atoms with Crippen LogP contribution in [-0.2, 0) is 11.3 Å². The van der Waals surface area contributed by atoms with Gasteiger partial charge in [-0.05, 0) is 30.9 Å². The maximum atomic E-state index is 11.7. The van der Waals surface area contributed by atoms with Crippen LogP contribution in [0.25, 0.3) is 0 Å². The third kappa shape index (κ3) is 5.01. The Balaban J connectivity index is 1.87. The predicted molar refractivity (Wildman–Crippen MR) is 87.4 cm³/mol. The van der Waals surface area contributed by atoms with E-state index in [2.05, 4.69) is 42.2 Å². The molecule has 1 saturated heterocycles. The molecule has 0 N–H and O–H groups in total. The van der Waals surface area contributed by atoms with Crippen molar-refractivity contribution in [3.8, 4) is 0 Å². The van der Waals surface area contributed by atoms with Gasteiger partial charge in [0.15, 0.2) is 0 Å². The molecule has 21 heavy (non-hydrogen) atoms. The van der Waals surface area contributed by atoms with Crippen molar-refractivity contribution >= 4 is 17.5 Å². The van der Waals surface area contributed by atoms with Gasteiger partial charge in [0.1, 0.15) is 5.88 Å². The smallest absolute Gasteiger partial charge is 0.237 e. The van der Waals surface area contributed by atoms with E-state index in [1.165, 1.54) is 12.0 Å². The number of hydrogen-bond donors (Lipinski definition) is 0. The lowest BCUT2D eigenvalue weighted by Gasteiger charge is -2.35. The summed E-state index contributed by atoms with van der Waals surface area (Å²) in [6.07, 6.45) is 2.30. The van der Waals surface area contributed by atoms with Crippen LogP contribution < -0.4 is 0 Å². The first-order chi connectivity index (χ1) is 10.2. The topological polar surface area (TPSA) is 23.6 Å². The van der Waals surface area contributed by atoms with E-state index >= 15 is 0 Å². The van der Waals surface area contributed by atoms with Crippen LogP contribution in [0.1, 0.15) is 25.3 Å². The van der Waals surface area contributed by atoms with Crippen molar-refractivity contribution in [2.45, 2.75) is 26.3 Å². The zero-order valence-corrected chi connectivity index (χ0v) is 13.6. The summed E-state index contributed by atoms with van der Waals surface area (Å²) in [5.74, 6) is 0.746. The standard InChI is InChI=1S/C17H25ClN2O/c1-2-19(12-15-7-4-3-5-8-15)13-16-9-6-10-20(14-16)17(21)11-18/h3-5,7-8,16H,2,6,9-14H2,1H3. The van der Waals surface area contributed by atoms with Crippen LogP contribution in [0.5, 0.6) is 0 Å². The highest BCUT2D eigenvalue weighted by Gasteiger charge is 2.24. The Hall–Kier alpha value is -1.06. The second-order valence-electron chi connectivity index (χ2n) is 5.79. The van der Waals surface area contributed by atoms with Gasteiger partial charge in [0.05, 0.1) is 0 Å². The number of piperidine rings is 1. The fraction of sp³-hybridized carbons (Fsp3) is 0.588. The second-order valence-corrected chi connectivity index (χ2v) is 6.06. The first kappa shape index (κ1) is 16.3. The van der Waals surface area contributed by atoms with Crippen molar-refractivity contribution in [1.29, 1.82) is 0 Å². The van der Waals surface area contributed by atoms with Crippen LogP contribution in [-0.4, -0.2) is 47.8 Å². The Bertz CT molecular complexity index is 438. The summed E-state index contributed by atoms with van der Waals surface area (Å²) < 4.78 is 0. The molecular formula is C17H25ClN2O. The summed E-state index contributed by atoms with van der Waals surface area (Å²) in [7, 11) is 0. The van der Waals surface area contributed by atoms with Crippen molar-refractivity contribution in [2.24, 2.45) is 5.92 Å². The number of rotatable bonds is 6. The number of carbonyl (C=O) groups excluding carboxylic acids is 1. The monoisotopic (exact) mass is 308 g/mol. The van der Waals surface area contributed by atoms with E-state index in [9.17, 15) is 4.79 Å². The molecule has 1 unspecified atom stereocenters. The van der Waals surface area contributed by atoms with Gasteiger partial charge in [-0.25, -0.2) is 0 Å². The largest absolute Gasteiger partial charge is 0.341 e. The highest BCUT2D eigenvalue weighted by molar-refractivity contribution is 6.27. The summed E-state index contributed by atoms with van der Waals surface area (Å²) in [5.41, 5.74) is 1.35. The molecule has 4 heteroatoms. The van der Waals surface area contributed by atoms with E-state index in [-0.39, 0.29) is 11.8 Å².